The van der Waals surface area contributed by atoms with Crippen molar-refractivity contribution < 1.29 is 4.74 Å². The van der Waals surface area contributed by atoms with Gasteiger partial charge in [0.05, 0.1) is 12.9 Å². The Hall–Kier alpha value is -0.660. The van der Waals surface area contributed by atoms with Crippen LogP contribution in [0.15, 0.2) is 12.5 Å². The van der Waals surface area contributed by atoms with Crippen molar-refractivity contribution in [3.8, 4) is 0 Å². The van der Waals surface area contributed by atoms with Crippen LogP contribution >= 0.6 is 0 Å². The Labute approximate surface area is 49.5 Å². The highest BCUT2D eigenvalue weighted by molar-refractivity contribution is 4.71. The fourth-order valence-corrected chi connectivity index (χ4v) is 0.660. The first-order chi connectivity index (χ1) is 4.00. The highest BCUT2D eigenvalue weighted by atomic mass is 16.5. The smallest absolute Gasteiger partial charge is 0.0985 e. The van der Waals surface area contributed by atoms with Gasteiger partial charge in [0.2, 0.25) is 0 Å². The molecular formula is C6H11NO. The molecule has 0 aromatic rings. The highest BCUT2D eigenvalue weighted by Gasteiger charge is 1.88. The van der Waals surface area contributed by atoms with Crippen molar-refractivity contribution in [1.29, 1.82) is 0 Å². The number of hydrogen-bond acceptors (Lipinski definition) is 2. The van der Waals surface area contributed by atoms with Crippen LogP contribution in [0, 0.1) is 0 Å². The molecule has 2 heteroatoms. The summed E-state index contributed by atoms with van der Waals surface area (Å²) in [5.74, 6) is 0. The zero-order chi connectivity index (χ0) is 5.66. The van der Waals surface area contributed by atoms with Crippen molar-refractivity contribution in [2.75, 3.05) is 13.2 Å². The number of nitrogens with one attached hydrogen (secondary N) is 1. The average Bonchev–Trinajstić information content (AvgIpc) is 1.62. The molecule has 0 spiro atoms. The summed E-state index contributed by atoms with van der Waals surface area (Å²) in [6.07, 6.45) is 5.93. The second kappa shape index (κ2) is 3.36. The fourth-order valence-electron chi connectivity index (χ4n) is 0.660. The first-order valence-electron chi connectivity index (χ1n) is 3.00. The van der Waals surface area contributed by atoms with Gasteiger partial charge in [0.1, 0.15) is 0 Å². The Morgan fingerprint density at radius 3 is 3.38 bits per heavy atom. The predicted octanol–water partition coefficient (Wildman–Crippen LogP) is 0.858. The zero-order valence-electron chi connectivity index (χ0n) is 4.89. The number of rotatable bonds is 0. The molecule has 0 radical (unpaired) electrons. The van der Waals surface area contributed by atoms with Crippen molar-refractivity contribution >= 4 is 0 Å². The van der Waals surface area contributed by atoms with Gasteiger partial charge >= 0.3 is 0 Å². The molecule has 1 heterocycles. The van der Waals surface area contributed by atoms with Crippen LogP contribution in [0.1, 0.15) is 12.8 Å². The molecule has 0 unspecified atom stereocenters. The van der Waals surface area contributed by atoms with E-state index in [0.717, 1.165) is 19.6 Å². The summed E-state index contributed by atoms with van der Waals surface area (Å²) in [7, 11) is 0. The third-order valence-corrected chi connectivity index (χ3v) is 1.12. The van der Waals surface area contributed by atoms with Gasteiger partial charge in [0.15, 0.2) is 0 Å². The topological polar surface area (TPSA) is 21.3 Å². The van der Waals surface area contributed by atoms with Gasteiger partial charge in [-0.25, -0.2) is 0 Å². The molecule has 1 rings (SSSR count). The quantitative estimate of drug-likeness (QED) is 0.503. The third kappa shape index (κ3) is 1.87. The Balaban J connectivity index is 2.17. The molecule has 0 aliphatic carbocycles. The Bertz CT molecular complexity index is 70.6. The first kappa shape index (κ1) is 5.48. The molecule has 0 aromatic carbocycles. The van der Waals surface area contributed by atoms with Gasteiger partial charge in [-0.05, 0) is 12.8 Å². The van der Waals surface area contributed by atoms with Crippen molar-refractivity contribution in [3.05, 3.63) is 12.5 Å². The minimum absolute atomic E-state index is 0.873. The normalized spacial score (nSPS) is 24.0. The van der Waals surface area contributed by atoms with E-state index in [4.69, 9.17) is 4.74 Å². The monoisotopic (exact) mass is 113 g/mol. The zero-order valence-corrected chi connectivity index (χ0v) is 4.89. The standard InChI is InChI=1S/C6H11NO/c1-2-5-8-6-4-7-3-1/h4,6-7H,1-3,5H2/b6-4-. The Morgan fingerprint density at radius 2 is 2.38 bits per heavy atom. The summed E-state index contributed by atoms with van der Waals surface area (Å²) >= 11 is 0. The van der Waals surface area contributed by atoms with E-state index in [0.29, 0.717) is 0 Å². The van der Waals surface area contributed by atoms with Gasteiger partial charge in [-0.3, -0.25) is 0 Å². The summed E-state index contributed by atoms with van der Waals surface area (Å²) < 4.78 is 5.03. The lowest BCUT2D eigenvalue weighted by molar-refractivity contribution is 0.235. The van der Waals surface area contributed by atoms with Gasteiger partial charge in [0, 0.05) is 12.7 Å². The highest BCUT2D eigenvalue weighted by Crippen LogP contribution is 1.91. The molecule has 1 aliphatic rings. The SMILES string of the molecule is C1=C\OCCCCN/1. The molecule has 46 valence electrons. The fraction of sp³-hybridized carbons (Fsp3) is 0.667. The van der Waals surface area contributed by atoms with Gasteiger partial charge in [-0.2, -0.15) is 0 Å². The van der Waals surface area contributed by atoms with Gasteiger partial charge in [-0.15, -0.1) is 0 Å². The lowest BCUT2D eigenvalue weighted by Crippen LogP contribution is -2.10. The molecular weight excluding hydrogens is 102 g/mol. The van der Waals surface area contributed by atoms with Crippen molar-refractivity contribution in [3.63, 3.8) is 0 Å². The lowest BCUT2D eigenvalue weighted by Gasteiger charge is -2.05. The van der Waals surface area contributed by atoms with Crippen molar-refractivity contribution in [2.45, 2.75) is 12.8 Å². The molecule has 1 aliphatic heterocycles. The minimum Gasteiger partial charge on any atom is -0.500 e. The van der Waals surface area contributed by atoms with E-state index in [1.54, 1.807) is 6.26 Å². The summed E-state index contributed by atoms with van der Waals surface area (Å²) in [5.41, 5.74) is 0. The van der Waals surface area contributed by atoms with Crippen LogP contribution in [0.3, 0.4) is 0 Å². The van der Waals surface area contributed by atoms with Gasteiger partial charge in [-0.1, -0.05) is 0 Å². The molecule has 2 nitrogen and oxygen atoms in total. The maximum atomic E-state index is 5.03. The van der Waals surface area contributed by atoms with E-state index in [1.165, 1.54) is 6.42 Å². The third-order valence-electron chi connectivity index (χ3n) is 1.12. The number of hydrogen-bond donors (Lipinski definition) is 1. The molecule has 0 saturated carbocycles. The van der Waals surface area contributed by atoms with Crippen LogP contribution in [0.5, 0.6) is 0 Å². The molecule has 8 heavy (non-hydrogen) atoms. The van der Waals surface area contributed by atoms with Crippen LogP contribution in [-0.4, -0.2) is 13.2 Å². The minimum atomic E-state index is 0.873. The summed E-state index contributed by atoms with van der Waals surface area (Å²) in [6.45, 7) is 1.96. The summed E-state index contributed by atoms with van der Waals surface area (Å²) in [5, 5.41) is 3.08. The van der Waals surface area contributed by atoms with E-state index < -0.39 is 0 Å². The van der Waals surface area contributed by atoms with Crippen LogP contribution in [0.2, 0.25) is 0 Å². The maximum Gasteiger partial charge on any atom is 0.0985 e. The van der Waals surface area contributed by atoms with E-state index in [1.807, 2.05) is 6.20 Å². The van der Waals surface area contributed by atoms with E-state index in [9.17, 15) is 0 Å². The largest absolute Gasteiger partial charge is 0.500 e. The van der Waals surface area contributed by atoms with Crippen LogP contribution in [0.4, 0.5) is 0 Å². The molecule has 0 saturated heterocycles. The Morgan fingerprint density at radius 1 is 1.38 bits per heavy atom. The van der Waals surface area contributed by atoms with Gasteiger partial charge in [0.25, 0.3) is 0 Å². The second-order valence-electron chi connectivity index (χ2n) is 1.83. The lowest BCUT2D eigenvalue weighted by atomic mass is 10.3. The first-order valence-corrected chi connectivity index (χ1v) is 3.00. The molecule has 0 aromatic heterocycles. The number of ether oxygens (including phenoxy) is 1. The second-order valence-corrected chi connectivity index (χ2v) is 1.83. The van der Waals surface area contributed by atoms with Crippen LogP contribution in [0.25, 0.3) is 0 Å². The molecule has 0 bridgehead atoms. The van der Waals surface area contributed by atoms with E-state index >= 15 is 0 Å². The van der Waals surface area contributed by atoms with Crippen LogP contribution < -0.4 is 5.32 Å². The summed E-state index contributed by atoms with van der Waals surface area (Å²) in [4.78, 5) is 0. The van der Waals surface area contributed by atoms with Crippen molar-refractivity contribution in [1.82, 2.24) is 5.32 Å². The molecule has 0 atom stereocenters. The molecule has 1 N–H and O–H groups in total. The molecule has 0 amide bonds. The van der Waals surface area contributed by atoms with E-state index in [-0.39, 0.29) is 0 Å². The predicted molar refractivity (Wildman–Crippen MR) is 32.3 cm³/mol. The average molecular weight is 113 g/mol. The summed E-state index contributed by atoms with van der Waals surface area (Å²) in [6, 6.07) is 0. The molecule has 0 fully saturated rings. The van der Waals surface area contributed by atoms with E-state index in [2.05, 4.69) is 5.32 Å². The maximum absolute atomic E-state index is 5.03. The van der Waals surface area contributed by atoms with Gasteiger partial charge < -0.3 is 10.1 Å². The van der Waals surface area contributed by atoms with Crippen LogP contribution in [-0.2, 0) is 4.74 Å². The van der Waals surface area contributed by atoms with Crippen molar-refractivity contribution in [2.24, 2.45) is 0 Å². The Kier molecular flexibility index (Phi) is 2.30.